The summed E-state index contributed by atoms with van der Waals surface area (Å²) in [6.07, 6.45) is 60.1. The van der Waals surface area contributed by atoms with E-state index in [0.29, 0.717) is 12.8 Å². The van der Waals surface area contributed by atoms with E-state index >= 15 is 0 Å². The minimum Gasteiger partial charge on any atom is -0.462 e. The zero-order chi connectivity index (χ0) is 47.4. The molecule has 1 N–H and O–H groups in total. The smallest absolute Gasteiger partial charge is 0.462 e. The number of carbonyl (C=O) groups is 2. The van der Waals surface area contributed by atoms with Gasteiger partial charge in [0.1, 0.15) is 6.61 Å². The molecule has 0 saturated heterocycles. The van der Waals surface area contributed by atoms with Crippen LogP contribution in [-0.4, -0.2) is 42.8 Å². The molecular weight excluding hydrogens is 832 g/mol. The van der Waals surface area contributed by atoms with Crippen LogP contribution >= 0.6 is 7.82 Å². The third-order valence-electron chi connectivity index (χ3n) is 12.8. The van der Waals surface area contributed by atoms with E-state index < -0.39 is 19.9 Å². The Morgan fingerprint density at radius 2 is 0.692 bits per heavy atom. The van der Waals surface area contributed by atoms with Gasteiger partial charge >= 0.3 is 19.8 Å². The van der Waals surface area contributed by atoms with Gasteiger partial charge in [-0.2, -0.15) is 0 Å². The van der Waals surface area contributed by atoms with Crippen LogP contribution in [0.25, 0.3) is 0 Å². The van der Waals surface area contributed by atoms with Gasteiger partial charge < -0.3 is 14.4 Å². The van der Waals surface area contributed by atoms with Crippen molar-refractivity contribution in [1.82, 2.24) is 0 Å². The average molecular weight is 941 g/mol. The quantitative estimate of drug-likeness (QED) is 0.0278. The summed E-state index contributed by atoms with van der Waals surface area (Å²) in [5.74, 6) is -0.779. The zero-order valence-electron chi connectivity index (χ0n) is 43.4. The fourth-order valence-corrected chi connectivity index (χ4v) is 9.38. The molecule has 0 amide bonds. The molecule has 8 nitrogen and oxygen atoms in total. The predicted molar refractivity (Wildman–Crippen MR) is 276 cm³/mol. The summed E-state index contributed by atoms with van der Waals surface area (Å²) in [5, 5.41) is 0. The van der Waals surface area contributed by atoms with Crippen molar-refractivity contribution >= 4 is 19.8 Å². The Bertz CT molecular complexity index is 1070. The van der Waals surface area contributed by atoms with E-state index in [9.17, 15) is 19.0 Å². The molecule has 0 fully saturated rings. The highest BCUT2D eigenvalue weighted by Crippen LogP contribution is 2.43. The van der Waals surface area contributed by atoms with Crippen molar-refractivity contribution in [2.45, 2.75) is 316 Å². The molecule has 0 rings (SSSR count). The summed E-state index contributed by atoms with van der Waals surface area (Å²) in [6.45, 7) is 5.55. The first-order chi connectivity index (χ1) is 31.8. The highest BCUT2D eigenvalue weighted by atomic mass is 31.2. The first-order valence-corrected chi connectivity index (χ1v) is 30.0. The van der Waals surface area contributed by atoms with Crippen LogP contribution in [0.1, 0.15) is 310 Å². The number of hydrogen-bond acceptors (Lipinski definition) is 7. The second-order valence-electron chi connectivity index (χ2n) is 19.3. The molecule has 0 radical (unpaired) electrons. The van der Waals surface area contributed by atoms with Gasteiger partial charge in [-0.3, -0.25) is 18.6 Å². The van der Waals surface area contributed by atoms with E-state index in [1.54, 1.807) is 6.92 Å². The van der Waals surface area contributed by atoms with Crippen molar-refractivity contribution in [3.8, 4) is 0 Å². The number of rotatable bonds is 54. The summed E-state index contributed by atoms with van der Waals surface area (Å²) in [6, 6.07) is 0. The summed E-state index contributed by atoms with van der Waals surface area (Å²) in [4.78, 5) is 35.0. The highest BCUT2D eigenvalue weighted by molar-refractivity contribution is 7.47. The minimum absolute atomic E-state index is 0.00385. The lowest BCUT2D eigenvalue weighted by Crippen LogP contribution is -2.29. The molecule has 2 unspecified atom stereocenters. The second kappa shape index (κ2) is 52.2. The van der Waals surface area contributed by atoms with Crippen LogP contribution in [0.4, 0.5) is 0 Å². The Labute approximate surface area is 403 Å². The van der Waals surface area contributed by atoms with Crippen LogP contribution in [0.2, 0.25) is 0 Å². The van der Waals surface area contributed by atoms with Gasteiger partial charge in [0.05, 0.1) is 13.2 Å². The fraction of sp³-hybridized carbons (Fsp3) is 0.929. The maximum atomic E-state index is 12.7. The van der Waals surface area contributed by atoms with Crippen LogP contribution in [0.3, 0.4) is 0 Å². The highest BCUT2D eigenvalue weighted by Gasteiger charge is 2.25. The molecule has 0 heterocycles. The molecule has 9 heteroatoms. The maximum absolute atomic E-state index is 12.7. The van der Waals surface area contributed by atoms with E-state index in [1.807, 2.05) is 0 Å². The van der Waals surface area contributed by atoms with Gasteiger partial charge in [-0.25, -0.2) is 4.57 Å². The van der Waals surface area contributed by atoms with Gasteiger partial charge in [0.2, 0.25) is 0 Å². The molecule has 0 aromatic rings. The lowest BCUT2D eigenvalue weighted by molar-refractivity contribution is -0.161. The van der Waals surface area contributed by atoms with Crippen molar-refractivity contribution in [2.24, 2.45) is 0 Å². The van der Waals surface area contributed by atoms with Crippen LogP contribution in [0.5, 0.6) is 0 Å². The molecule has 65 heavy (non-hydrogen) atoms. The Kier molecular flexibility index (Phi) is 51.2. The lowest BCUT2D eigenvalue weighted by Gasteiger charge is -2.19. The Hall–Kier alpha value is -1.21. The molecule has 0 spiro atoms. The number of phosphoric acid groups is 1. The summed E-state index contributed by atoms with van der Waals surface area (Å²) >= 11 is 0. The molecule has 0 aliphatic carbocycles. The van der Waals surface area contributed by atoms with Gasteiger partial charge in [-0.05, 0) is 45.4 Å². The topological polar surface area (TPSA) is 108 Å². The zero-order valence-corrected chi connectivity index (χ0v) is 44.3. The monoisotopic (exact) mass is 941 g/mol. The van der Waals surface area contributed by atoms with Gasteiger partial charge in [0.15, 0.2) is 6.10 Å². The SMILES string of the molecule is CCCCCCCCCC/C=C\CCCCCCCCCCCC(=O)OC(COC(=O)CCCCCCCCCCCCCCCCCCCCCCCCCC)COP(=O)(O)OCC. The molecule has 0 aromatic carbocycles. The Balaban J connectivity index is 3.87. The molecule has 0 aromatic heterocycles. The second-order valence-corrected chi connectivity index (χ2v) is 20.8. The van der Waals surface area contributed by atoms with Crippen LogP contribution in [0.15, 0.2) is 12.2 Å². The van der Waals surface area contributed by atoms with Gasteiger partial charge in [0.25, 0.3) is 0 Å². The molecule has 0 aliphatic rings. The minimum atomic E-state index is -4.28. The lowest BCUT2D eigenvalue weighted by atomic mass is 10.0. The molecule has 0 bridgehead atoms. The number of carbonyl (C=O) groups excluding carboxylic acids is 2. The van der Waals surface area contributed by atoms with Crippen molar-refractivity contribution in [3.63, 3.8) is 0 Å². The third-order valence-corrected chi connectivity index (χ3v) is 13.9. The van der Waals surface area contributed by atoms with Crippen molar-refractivity contribution < 1.29 is 37.6 Å². The number of phosphoric ester groups is 1. The molecular formula is C56H109O8P. The van der Waals surface area contributed by atoms with E-state index in [4.69, 9.17) is 18.5 Å². The predicted octanol–water partition coefficient (Wildman–Crippen LogP) is 18.7. The van der Waals surface area contributed by atoms with E-state index in [2.05, 4.69) is 26.0 Å². The number of allylic oxidation sites excluding steroid dienone is 2. The standard InChI is InChI=1S/C56H109O8P/c1-4-7-9-11-13-15-17-19-21-23-25-27-28-29-31-32-34-36-38-40-42-44-46-48-50-55(57)61-52-54(53-63-65(59,60)62-6-3)64-56(58)51-49-47-45-43-41-39-37-35-33-30-26-24-22-20-18-16-14-12-10-8-5-2/h24,26,54H,4-23,25,27-53H2,1-3H3,(H,59,60)/b26-24-. The van der Waals surface area contributed by atoms with Gasteiger partial charge in [-0.15, -0.1) is 0 Å². The third kappa shape index (κ3) is 52.0. The fourth-order valence-electron chi connectivity index (χ4n) is 8.63. The molecule has 0 saturated carbocycles. The summed E-state index contributed by atoms with van der Waals surface area (Å²) < 4.78 is 32.9. The van der Waals surface area contributed by atoms with Crippen molar-refractivity contribution in [3.05, 3.63) is 12.2 Å². The summed E-state index contributed by atoms with van der Waals surface area (Å²) in [5.41, 5.74) is 0. The Morgan fingerprint density at radius 3 is 1.02 bits per heavy atom. The van der Waals surface area contributed by atoms with Crippen molar-refractivity contribution in [2.75, 3.05) is 19.8 Å². The normalized spacial score (nSPS) is 13.1. The van der Waals surface area contributed by atoms with Crippen molar-refractivity contribution in [1.29, 1.82) is 0 Å². The van der Waals surface area contributed by atoms with E-state index in [1.165, 1.54) is 238 Å². The molecule has 0 aliphatic heterocycles. The largest absolute Gasteiger partial charge is 0.472 e. The molecule has 386 valence electrons. The van der Waals surface area contributed by atoms with E-state index in [-0.39, 0.29) is 32.2 Å². The molecule has 2 atom stereocenters. The van der Waals surface area contributed by atoms with E-state index in [0.717, 1.165) is 32.1 Å². The first kappa shape index (κ1) is 63.8. The number of esters is 2. The van der Waals surface area contributed by atoms with Crippen LogP contribution in [-0.2, 0) is 32.7 Å². The number of ether oxygens (including phenoxy) is 2. The van der Waals surface area contributed by atoms with Crippen LogP contribution < -0.4 is 0 Å². The van der Waals surface area contributed by atoms with Crippen LogP contribution in [0, 0.1) is 0 Å². The number of unbranched alkanes of at least 4 members (excludes halogenated alkanes) is 40. The number of hydrogen-bond donors (Lipinski definition) is 1. The maximum Gasteiger partial charge on any atom is 0.472 e. The summed E-state index contributed by atoms with van der Waals surface area (Å²) in [7, 11) is -4.28. The van der Waals surface area contributed by atoms with Gasteiger partial charge in [0, 0.05) is 12.8 Å². The first-order valence-electron chi connectivity index (χ1n) is 28.5. The average Bonchev–Trinajstić information content (AvgIpc) is 3.29. The van der Waals surface area contributed by atoms with Gasteiger partial charge in [-0.1, -0.05) is 264 Å². The Morgan fingerprint density at radius 1 is 0.400 bits per heavy atom.